The van der Waals surface area contributed by atoms with Crippen molar-refractivity contribution in [1.82, 2.24) is 9.80 Å². The van der Waals surface area contributed by atoms with Crippen molar-refractivity contribution in [1.29, 1.82) is 0 Å². The fraction of sp³-hybridized carbons (Fsp3) is 0.812. The number of rotatable bonds is 3. The lowest BCUT2D eigenvalue weighted by atomic mass is 9.93. The lowest BCUT2D eigenvalue weighted by molar-refractivity contribution is -0.149. The molecule has 2 heterocycles. The highest BCUT2D eigenvalue weighted by atomic mass is 16.4. The molecule has 6 heteroatoms. The van der Waals surface area contributed by atoms with E-state index in [2.05, 4.69) is 0 Å². The third kappa shape index (κ3) is 4.21. The van der Waals surface area contributed by atoms with Gasteiger partial charge in [0.2, 0.25) is 11.8 Å². The van der Waals surface area contributed by atoms with Crippen LogP contribution in [0.5, 0.6) is 0 Å². The molecule has 0 saturated carbocycles. The number of likely N-dealkylation sites (tertiary alicyclic amines) is 2. The van der Waals surface area contributed by atoms with E-state index < -0.39 is 11.9 Å². The molecular weight excluding hydrogens is 284 g/mol. The zero-order valence-corrected chi connectivity index (χ0v) is 13.3. The van der Waals surface area contributed by atoms with Crippen LogP contribution in [0.4, 0.5) is 0 Å². The van der Waals surface area contributed by atoms with Crippen molar-refractivity contribution in [3.63, 3.8) is 0 Å². The maximum atomic E-state index is 12.5. The molecule has 124 valence electrons. The van der Waals surface area contributed by atoms with Crippen LogP contribution < -0.4 is 0 Å². The van der Waals surface area contributed by atoms with Crippen LogP contribution in [0.2, 0.25) is 0 Å². The molecule has 0 spiro atoms. The molecule has 0 bridgehead atoms. The first-order valence-electron chi connectivity index (χ1n) is 8.29. The van der Waals surface area contributed by atoms with E-state index in [1.54, 1.807) is 9.80 Å². The first kappa shape index (κ1) is 16.8. The summed E-state index contributed by atoms with van der Waals surface area (Å²) in [7, 11) is 0. The van der Waals surface area contributed by atoms with Gasteiger partial charge in [-0.1, -0.05) is 12.8 Å². The number of hydrogen-bond donors (Lipinski definition) is 1. The summed E-state index contributed by atoms with van der Waals surface area (Å²) in [5.74, 6) is -1.39. The van der Waals surface area contributed by atoms with Gasteiger partial charge in [0.15, 0.2) is 0 Å². The molecule has 2 aliphatic heterocycles. The average Bonchev–Trinajstić information content (AvgIpc) is 2.47. The standard InChI is InChI=1S/C16H26N2O4/c1-12-7-8-13(16(21)22)10-18(12)15(20)11-17-9-5-3-2-4-6-14(17)19/h12-13H,2-11H2,1H3,(H,21,22). The van der Waals surface area contributed by atoms with Gasteiger partial charge in [-0.05, 0) is 32.6 Å². The van der Waals surface area contributed by atoms with Crippen LogP contribution in [0.15, 0.2) is 0 Å². The van der Waals surface area contributed by atoms with Crippen LogP contribution in [-0.4, -0.2) is 58.4 Å². The fourth-order valence-corrected chi connectivity index (χ4v) is 3.29. The van der Waals surface area contributed by atoms with Crippen LogP contribution >= 0.6 is 0 Å². The second-order valence-electron chi connectivity index (χ2n) is 6.49. The van der Waals surface area contributed by atoms with Gasteiger partial charge in [0.05, 0.1) is 12.5 Å². The van der Waals surface area contributed by atoms with Gasteiger partial charge >= 0.3 is 5.97 Å². The van der Waals surface area contributed by atoms with Gasteiger partial charge in [0.1, 0.15) is 0 Å². The van der Waals surface area contributed by atoms with E-state index in [-0.39, 0.29) is 30.9 Å². The molecule has 2 aliphatic rings. The highest BCUT2D eigenvalue weighted by Crippen LogP contribution is 2.22. The monoisotopic (exact) mass is 310 g/mol. The largest absolute Gasteiger partial charge is 0.481 e. The number of aliphatic carboxylic acids is 1. The summed E-state index contributed by atoms with van der Waals surface area (Å²) in [5, 5.41) is 9.15. The molecule has 2 rings (SSSR count). The van der Waals surface area contributed by atoms with E-state index in [9.17, 15) is 14.4 Å². The number of carboxylic acid groups (broad SMARTS) is 1. The topological polar surface area (TPSA) is 77.9 Å². The number of carbonyl (C=O) groups excluding carboxylic acids is 2. The van der Waals surface area contributed by atoms with Crippen LogP contribution in [0, 0.1) is 5.92 Å². The number of carbonyl (C=O) groups is 3. The Morgan fingerprint density at radius 3 is 2.64 bits per heavy atom. The Morgan fingerprint density at radius 2 is 1.91 bits per heavy atom. The Morgan fingerprint density at radius 1 is 1.18 bits per heavy atom. The normalized spacial score (nSPS) is 27.2. The molecule has 0 aromatic rings. The van der Waals surface area contributed by atoms with E-state index in [1.165, 1.54) is 0 Å². The Labute approximate surface area is 131 Å². The van der Waals surface area contributed by atoms with Crippen LogP contribution in [0.25, 0.3) is 0 Å². The van der Waals surface area contributed by atoms with Crippen molar-refractivity contribution >= 4 is 17.8 Å². The predicted molar refractivity (Wildman–Crippen MR) is 81.2 cm³/mol. The molecule has 1 N–H and O–H groups in total. The summed E-state index contributed by atoms with van der Waals surface area (Å²) in [4.78, 5) is 39.1. The van der Waals surface area contributed by atoms with Gasteiger partial charge in [-0.3, -0.25) is 14.4 Å². The Hall–Kier alpha value is -1.59. The number of carboxylic acids is 1. The molecular formula is C16H26N2O4. The zero-order chi connectivity index (χ0) is 16.1. The molecule has 2 unspecified atom stereocenters. The minimum Gasteiger partial charge on any atom is -0.481 e. The van der Waals surface area contributed by atoms with Gasteiger partial charge in [-0.15, -0.1) is 0 Å². The SMILES string of the molecule is CC1CCC(C(=O)O)CN1C(=O)CN1CCCCCCC1=O. The van der Waals surface area contributed by atoms with Crippen molar-refractivity contribution in [2.45, 2.75) is 57.9 Å². The third-order valence-corrected chi connectivity index (χ3v) is 4.80. The van der Waals surface area contributed by atoms with Gasteiger partial charge in [-0.25, -0.2) is 0 Å². The molecule has 2 amide bonds. The van der Waals surface area contributed by atoms with Crippen LogP contribution in [0.3, 0.4) is 0 Å². The fourth-order valence-electron chi connectivity index (χ4n) is 3.29. The van der Waals surface area contributed by atoms with E-state index in [4.69, 9.17) is 5.11 Å². The van der Waals surface area contributed by atoms with Crippen molar-refractivity contribution < 1.29 is 19.5 Å². The average molecular weight is 310 g/mol. The second kappa shape index (κ2) is 7.61. The van der Waals surface area contributed by atoms with E-state index >= 15 is 0 Å². The highest BCUT2D eigenvalue weighted by molar-refractivity contribution is 5.85. The zero-order valence-electron chi connectivity index (χ0n) is 13.3. The first-order chi connectivity index (χ1) is 10.5. The molecule has 2 atom stereocenters. The van der Waals surface area contributed by atoms with E-state index in [1.807, 2.05) is 6.92 Å². The summed E-state index contributed by atoms with van der Waals surface area (Å²) >= 11 is 0. The minimum absolute atomic E-state index is 0.0486. The van der Waals surface area contributed by atoms with Crippen molar-refractivity contribution in [2.24, 2.45) is 5.92 Å². The Kier molecular flexibility index (Phi) is 5.80. The molecule has 6 nitrogen and oxygen atoms in total. The highest BCUT2D eigenvalue weighted by Gasteiger charge is 2.33. The number of amides is 2. The van der Waals surface area contributed by atoms with Crippen molar-refractivity contribution in [3.8, 4) is 0 Å². The summed E-state index contributed by atoms with van der Waals surface area (Å²) < 4.78 is 0. The molecule has 2 fully saturated rings. The number of nitrogens with zero attached hydrogens (tertiary/aromatic N) is 2. The molecule has 0 aliphatic carbocycles. The van der Waals surface area contributed by atoms with Gasteiger partial charge in [-0.2, -0.15) is 0 Å². The van der Waals surface area contributed by atoms with Crippen LogP contribution in [-0.2, 0) is 14.4 Å². The maximum Gasteiger partial charge on any atom is 0.308 e. The Bertz CT molecular complexity index is 438. The lowest BCUT2D eigenvalue weighted by Gasteiger charge is -2.38. The van der Waals surface area contributed by atoms with E-state index in [0.717, 1.165) is 25.7 Å². The van der Waals surface area contributed by atoms with E-state index in [0.29, 0.717) is 25.8 Å². The van der Waals surface area contributed by atoms with Crippen molar-refractivity contribution in [3.05, 3.63) is 0 Å². The summed E-state index contributed by atoms with van der Waals surface area (Å²) in [5.41, 5.74) is 0. The molecule has 22 heavy (non-hydrogen) atoms. The second-order valence-corrected chi connectivity index (χ2v) is 6.49. The molecule has 0 radical (unpaired) electrons. The smallest absolute Gasteiger partial charge is 0.308 e. The predicted octanol–water partition coefficient (Wildman–Crippen LogP) is 1.49. The van der Waals surface area contributed by atoms with Crippen molar-refractivity contribution in [2.75, 3.05) is 19.6 Å². The number of piperidine rings is 1. The third-order valence-electron chi connectivity index (χ3n) is 4.80. The Balaban J connectivity index is 1.96. The first-order valence-corrected chi connectivity index (χ1v) is 8.29. The quantitative estimate of drug-likeness (QED) is 0.856. The lowest BCUT2D eigenvalue weighted by Crippen LogP contribution is -2.51. The number of hydrogen-bond acceptors (Lipinski definition) is 3. The summed E-state index contributed by atoms with van der Waals surface area (Å²) in [6.45, 7) is 2.94. The summed E-state index contributed by atoms with van der Waals surface area (Å²) in [6.07, 6.45) is 5.84. The minimum atomic E-state index is -0.841. The molecule has 2 saturated heterocycles. The summed E-state index contributed by atoms with van der Waals surface area (Å²) in [6, 6.07) is 0.0490. The van der Waals surface area contributed by atoms with Crippen LogP contribution in [0.1, 0.15) is 51.9 Å². The molecule has 0 aromatic heterocycles. The van der Waals surface area contributed by atoms with Gasteiger partial charge in [0, 0.05) is 25.6 Å². The van der Waals surface area contributed by atoms with Gasteiger partial charge in [0.25, 0.3) is 0 Å². The molecule has 0 aromatic carbocycles. The van der Waals surface area contributed by atoms with Gasteiger partial charge < -0.3 is 14.9 Å². The maximum absolute atomic E-state index is 12.5.